The van der Waals surface area contributed by atoms with E-state index in [1.165, 1.54) is 0 Å². The summed E-state index contributed by atoms with van der Waals surface area (Å²) in [4.78, 5) is 54.9. The van der Waals surface area contributed by atoms with Gasteiger partial charge in [0, 0.05) is 43.1 Å². The number of ketones is 1. The fourth-order valence-electron chi connectivity index (χ4n) is 4.77. The molecule has 0 saturated carbocycles. The quantitative estimate of drug-likeness (QED) is 0.209. The maximum atomic E-state index is 13.7. The zero-order valence-electron chi connectivity index (χ0n) is 22.3. The molecule has 1 fully saturated rings. The van der Waals surface area contributed by atoms with E-state index in [0.717, 1.165) is 28.5 Å². The van der Waals surface area contributed by atoms with Crippen LogP contribution in [0.2, 0.25) is 0 Å². The van der Waals surface area contributed by atoms with E-state index in [0.29, 0.717) is 25.8 Å². The molecule has 1 aliphatic heterocycles. The number of benzene rings is 2. The van der Waals surface area contributed by atoms with Crippen molar-refractivity contribution in [3.05, 3.63) is 71.9 Å². The van der Waals surface area contributed by atoms with Crippen LogP contribution in [0.4, 0.5) is 0 Å². The Morgan fingerprint density at radius 1 is 1.00 bits per heavy atom. The van der Waals surface area contributed by atoms with Gasteiger partial charge in [0.15, 0.2) is 5.78 Å². The molecule has 5 N–H and O–H groups in total. The minimum absolute atomic E-state index is 0.0186. The standard InChI is InChI=1S/C30H35N5O5/c31-16-23(36)12-13-26(29(38)33-17-20-7-2-1-3-8-20)34-30(39)27(35-28(37)21-9-6-14-40-19-21)15-22-18-32-25-11-5-4-10-24(22)25/h1-5,7-8,10-11,16,18,21,26-27,31-32H,6,9,12-15,17,19H2,(H,33,38)(H,34,39)(H,35,37)/t21-,26-,27-/m0/s1. The molecule has 4 rings (SSSR count). The molecule has 10 heteroatoms. The van der Waals surface area contributed by atoms with Crippen molar-refractivity contribution in [2.45, 2.75) is 50.7 Å². The Morgan fingerprint density at radius 3 is 2.52 bits per heavy atom. The first kappa shape index (κ1) is 28.7. The monoisotopic (exact) mass is 545 g/mol. The van der Waals surface area contributed by atoms with E-state index in [4.69, 9.17) is 10.1 Å². The summed E-state index contributed by atoms with van der Waals surface area (Å²) in [5, 5.41) is 16.6. The van der Waals surface area contributed by atoms with Crippen molar-refractivity contribution < 1.29 is 23.9 Å². The third kappa shape index (κ3) is 7.86. The fraction of sp³-hybridized carbons (Fsp3) is 0.367. The SMILES string of the molecule is N=CC(=O)CC[C@H](NC(=O)[C@H](Cc1c[nH]c2ccccc12)NC(=O)[C@H]1CCCOC1)C(=O)NCc1ccccc1. The van der Waals surface area contributed by atoms with Crippen LogP contribution in [0, 0.1) is 11.3 Å². The smallest absolute Gasteiger partial charge is 0.243 e. The molecule has 10 nitrogen and oxygen atoms in total. The molecule has 0 aliphatic carbocycles. The molecule has 2 heterocycles. The van der Waals surface area contributed by atoms with Gasteiger partial charge in [-0.15, -0.1) is 0 Å². The molecule has 1 saturated heterocycles. The molecule has 210 valence electrons. The van der Waals surface area contributed by atoms with Crippen LogP contribution in [0.1, 0.15) is 36.8 Å². The van der Waals surface area contributed by atoms with Crippen molar-refractivity contribution in [3.8, 4) is 0 Å². The molecule has 0 unspecified atom stereocenters. The van der Waals surface area contributed by atoms with Crippen LogP contribution in [-0.4, -0.2) is 60.0 Å². The lowest BCUT2D eigenvalue weighted by Gasteiger charge is -2.26. The van der Waals surface area contributed by atoms with Gasteiger partial charge in [-0.2, -0.15) is 0 Å². The Bertz CT molecular complexity index is 1330. The first-order valence-electron chi connectivity index (χ1n) is 13.5. The van der Waals surface area contributed by atoms with Gasteiger partial charge in [-0.05, 0) is 36.5 Å². The Balaban J connectivity index is 1.51. The van der Waals surface area contributed by atoms with E-state index < -0.39 is 29.7 Å². The molecule has 1 aliphatic rings. The highest BCUT2D eigenvalue weighted by molar-refractivity contribution is 6.26. The number of fused-ring (bicyclic) bond motifs is 1. The number of amides is 3. The number of aromatic amines is 1. The first-order chi connectivity index (χ1) is 19.4. The Labute approximate surface area is 232 Å². The summed E-state index contributed by atoms with van der Waals surface area (Å²) >= 11 is 0. The summed E-state index contributed by atoms with van der Waals surface area (Å²) in [7, 11) is 0. The van der Waals surface area contributed by atoms with Crippen molar-refractivity contribution >= 4 is 40.6 Å². The second-order valence-electron chi connectivity index (χ2n) is 9.95. The molecule has 3 atom stereocenters. The summed E-state index contributed by atoms with van der Waals surface area (Å²) in [6, 6.07) is 15.0. The fourth-order valence-corrected chi connectivity index (χ4v) is 4.77. The second-order valence-corrected chi connectivity index (χ2v) is 9.95. The average molecular weight is 546 g/mol. The van der Waals surface area contributed by atoms with Crippen molar-refractivity contribution in [2.75, 3.05) is 13.2 Å². The molecule has 0 bridgehead atoms. The summed E-state index contributed by atoms with van der Waals surface area (Å²) in [5.74, 6) is -2.06. The lowest BCUT2D eigenvalue weighted by Crippen LogP contribution is -2.55. The van der Waals surface area contributed by atoms with Gasteiger partial charge in [0.25, 0.3) is 0 Å². The molecular formula is C30H35N5O5. The highest BCUT2D eigenvalue weighted by Crippen LogP contribution is 2.20. The van der Waals surface area contributed by atoms with E-state index in [1.807, 2.05) is 60.8 Å². The van der Waals surface area contributed by atoms with Crippen LogP contribution in [0.3, 0.4) is 0 Å². The van der Waals surface area contributed by atoms with Gasteiger partial charge in [-0.1, -0.05) is 48.5 Å². The number of hydrogen-bond donors (Lipinski definition) is 5. The van der Waals surface area contributed by atoms with Crippen LogP contribution in [0.5, 0.6) is 0 Å². The number of ether oxygens (including phenoxy) is 1. The maximum Gasteiger partial charge on any atom is 0.243 e. The van der Waals surface area contributed by atoms with Crippen LogP contribution in [0.25, 0.3) is 10.9 Å². The number of Topliss-reactive ketones (excluding diaryl/α,β-unsaturated/α-hetero) is 1. The number of hydrogen-bond acceptors (Lipinski definition) is 6. The van der Waals surface area contributed by atoms with E-state index in [2.05, 4.69) is 20.9 Å². The van der Waals surface area contributed by atoms with Crippen molar-refractivity contribution in [2.24, 2.45) is 5.92 Å². The zero-order chi connectivity index (χ0) is 28.3. The highest BCUT2D eigenvalue weighted by Gasteiger charge is 2.30. The van der Waals surface area contributed by atoms with Gasteiger partial charge in [-0.25, -0.2) is 0 Å². The Kier molecular flexibility index (Phi) is 10.2. The van der Waals surface area contributed by atoms with Gasteiger partial charge < -0.3 is 31.1 Å². The summed E-state index contributed by atoms with van der Waals surface area (Å²) in [5.41, 5.74) is 2.64. The van der Waals surface area contributed by atoms with Gasteiger partial charge in [0.1, 0.15) is 12.1 Å². The number of carbonyl (C=O) groups excluding carboxylic acids is 4. The number of rotatable bonds is 13. The van der Waals surface area contributed by atoms with E-state index >= 15 is 0 Å². The van der Waals surface area contributed by atoms with Gasteiger partial charge in [0.2, 0.25) is 17.7 Å². The van der Waals surface area contributed by atoms with Crippen molar-refractivity contribution in [1.29, 1.82) is 5.41 Å². The predicted octanol–water partition coefficient (Wildman–Crippen LogP) is 2.42. The molecule has 3 aromatic rings. The largest absolute Gasteiger partial charge is 0.381 e. The number of H-pyrrole nitrogens is 1. The minimum atomic E-state index is -1.03. The summed E-state index contributed by atoms with van der Waals surface area (Å²) in [6.07, 6.45) is 4.09. The Morgan fingerprint density at radius 2 is 1.77 bits per heavy atom. The van der Waals surface area contributed by atoms with Crippen molar-refractivity contribution in [3.63, 3.8) is 0 Å². The molecule has 2 aromatic carbocycles. The predicted molar refractivity (Wildman–Crippen MR) is 151 cm³/mol. The van der Waals surface area contributed by atoms with Crippen molar-refractivity contribution in [1.82, 2.24) is 20.9 Å². The summed E-state index contributed by atoms with van der Waals surface area (Å²) < 4.78 is 5.46. The summed E-state index contributed by atoms with van der Waals surface area (Å²) in [6.45, 7) is 1.16. The third-order valence-corrected chi connectivity index (χ3v) is 7.05. The second kappa shape index (κ2) is 14.2. The van der Waals surface area contributed by atoms with E-state index in [1.54, 1.807) is 0 Å². The number of nitrogens with one attached hydrogen (secondary N) is 5. The number of aromatic nitrogens is 1. The van der Waals surface area contributed by atoms with Gasteiger partial charge in [-0.3, -0.25) is 19.2 Å². The Hall–Kier alpha value is -4.31. The van der Waals surface area contributed by atoms with Crippen LogP contribution in [-0.2, 0) is 36.9 Å². The minimum Gasteiger partial charge on any atom is -0.381 e. The maximum absolute atomic E-state index is 13.7. The highest BCUT2D eigenvalue weighted by atomic mass is 16.5. The van der Waals surface area contributed by atoms with Crippen LogP contribution < -0.4 is 16.0 Å². The van der Waals surface area contributed by atoms with Gasteiger partial charge in [0.05, 0.1) is 18.7 Å². The lowest BCUT2D eigenvalue weighted by molar-refractivity contribution is -0.135. The number of carbonyl (C=O) groups is 4. The lowest BCUT2D eigenvalue weighted by atomic mass is 9.99. The normalized spacial score (nSPS) is 16.4. The molecular weight excluding hydrogens is 510 g/mol. The molecule has 0 radical (unpaired) electrons. The van der Waals surface area contributed by atoms with Crippen LogP contribution >= 0.6 is 0 Å². The zero-order valence-corrected chi connectivity index (χ0v) is 22.3. The first-order valence-corrected chi connectivity index (χ1v) is 13.5. The number of para-hydroxylation sites is 1. The molecule has 0 spiro atoms. The molecule has 1 aromatic heterocycles. The molecule has 40 heavy (non-hydrogen) atoms. The molecule has 3 amide bonds. The van der Waals surface area contributed by atoms with Gasteiger partial charge >= 0.3 is 0 Å². The average Bonchev–Trinajstić information content (AvgIpc) is 3.40. The van der Waals surface area contributed by atoms with E-state index in [9.17, 15) is 19.2 Å². The van der Waals surface area contributed by atoms with E-state index in [-0.39, 0.29) is 37.6 Å². The van der Waals surface area contributed by atoms with Crippen LogP contribution in [0.15, 0.2) is 60.8 Å². The topological polar surface area (TPSA) is 153 Å². The third-order valence-electron chi connectivity index (χ3n) is 7.05.